The topological polar surface area (TPSA) is 62.7 Å². The van der Waals surface area contributed by atoms with Gasteiger partial charge in [0.05, 0.1) is 33.3 Å². The van der Waals surface area contributed by atoms with Crippen molar-refractivity contribution < 1.29 is 4.74 Å². The third-order valence-corrected chi connectivity index (χ3v) is 16.6. The molecule has 0 atom stereocenters. The Hall–Kier alpha value is -8.75. The van der Waals surface area contributed by atoms with Crippen LogP contribution in [0.4, 0.5) is 0 Å². The number of benzene rings is 9. The number of hydrogen-bond donors (Lipinski definition) is 0. The van der Waals surface area contributed by atoms with Crippen molar-refractivity contribution in [3.05, 3.63) is 199 Å². The molecular weight excluding hydrogens is 940 g/mol. The average Bonchev–Trinajstić information content (AvgIpc) is 4.26. The van der Waals surface area contributed by atoms with Crippen molar-refractivity contribution in [1.82, 2.24) is 28.7 Å². The maximum Gasteiger partial charge on any atom is 0.256 e. The smallest absolute Gasteiger partial charge is 0.256 e. The molecule has 0 N–H and O–H groups in total. The number of hydrogen-bond acceptors (Lipinski definition) is 4. The summed E-state index contributed by atoms with van der Waals surface area (Å²) in [5.41, 5.74) is 18.1. The summed E-state index contributed by atoms with van der Waals surface area (Å²) in [5.74, 6) is 3.53. The Kier molecular flexibility index (Phi) is 9.42. The first-order valence-electron chi connectivity index (χ1n) is 27.1. The van der Waals surface area contributed by atoms with Crippen LogP contribution >= 0.6 is 0 Å². The van der Waals surface area contributed by atoms with Gasteiger partial charge in [0.2, 0.25) is 5.95 Å². The van der Waals surface area contributed by atoms with Gasteiger partial charge in [-0.2, -0.15) is 9.97 Å². The molecule has 15 rings (SSSR count). The van der Waals surface area contributed by atoms with Gasteiger partial charge in [0.1, 0.15) is 11.5 Å². The van der Waals surface area contributed by atoms with Gasteiger partial charge in [-0.25, -0.2) is 4.98 Å². The van der Waals surface area contributed by atoms with E-state index in [0.717, 1.165) is 77.6 Å². The fraction of sp³-hybridized carbons (Fsp3) is 0.174. The van der Waals surface area contributed by atoms with Crippen molar-refractivity contribution in [2.75, 3.05) is 0 Å². The van der Waals surface area contributed by atoms with E-state index in [0.29, 0.717) is 17.6 Å². The van der Waals surface area contributed by atoms with Crippen LogP contribution in [0.1, 0.15) is 79.0 Å². The van der Waals surface area contributed by atoms with Gasteiger partial charge >= 0.3 is 0 Å². The Balaban J connectivity index is 1.09. The summed E-state index contributed by atoms with van der Waals surface area (Å²) >= 11 is 0. The molecular formula is C69H57BN6O. The molecule has 0 fully saturated rings. The van der Waals surface area contributed by atoms with Gasteiger partial charge in [-0.05, 0) is 91.8 Å². The maximum absolute atomic E-state index is 7.40. The van der Waals surface area contributed by atoms with Crippen LogP contribution in [0.2, 0.25) is 0 Å². The molecule has 0 spiro atoms. The first-order valence-corrected chi connectivity index (χ1v) is 27.1. The van der Waals surface area contributed by atoms with E-state index in [1.54, 1.807) is 0 Å². The van der Waals surface area contributed by atoms with E-state index in [2.05, 4.69) is 222 Å². The fourth-order valence-corrected chi connectivity index (χ4v) is 12.6. The van der Waals surface area contributed by atoms with Crippen LogP contribution in [0, 0.1) is 0 Å². The summed E-state index contributed by atoms with van der Waals surface area (Å²) in [4.78, 5) is 15.9. The molecule has 0 unspecified atom stereocenters. The maximum atomic E-state index is 7.40. The molecule has 0 bridgehead atoms. The number of para-hydroxylation sites is 2. The molecule has 8 heteroatoms. The van der Waals surface area contributed by atoms with Gasteiger partial charge in [-0.15, -0.1) is 0 Å². The van der Waals surface area contributed by atoms with E-state index in [-0.39, 0.29) is 23.0 Å². The highest BCUT2D eigenvalue weighted by Crippen LogP contribution is 2.46. The quantitative estimate of drug-likeness (QED) is 0.165. The molecule has 2 aliphatic heterocycles. The monoisotopic (exact) mass is 996 g/mol. The fourth-order valence-electron chi connectivity index (χ4n) is 12.6. The van der Waals surface area contributed by atoms with Crippen molar-refractivity contribution >= 4 is 88.5 Å². The van der Waals surface area contributed by atoms with Crippen molar-refractivity contribution in [3.63, 3.8) is 0 Å². The van der Waals surface area contributed by atoms with E-state index in [1.807, 2.05) is 36.4 Å². The largest absolute Gasteiger partial charge is 0.458 e. The highest BCUT2D eigenvalue weighted by molar-refractivity contribution is 6.99. The number of ether oxygens (including phenoxy) is 1. The molecule has 13 aromatic rings. The van der Waals surface area contributed by atoms with Crippen LogP contribution in [-0.4, -0.2) is 35.4 Å². The third kappa shape index (κ3) is 6.73. The molecule has 9 aromatic carbocycles. The SMILES string of the molecule is CC(C)(C)c1ccc2c(c1)B1c3c(cc(-n4c5ccccc5c5ccc6c7ccccc7n(-c7nc(-c8ccccc8)nc(-c8ccccc8)n7)c6c54)cc3-n3c4ccc(C(C)(C)C)cc4c4cc(C(C)(C)C)cc1c43)O2. The summed E-state index contributed by atoms with van der Waals surface area (Å²) in [6, 6.07) is 66.4. The molecule has 6 heterocycles. The minimum atomic E-state index is -0.0904. The molecule has 0 aliphatic carbocycles. The molecule has 0 radical (unpaired) electrons. The van der Waals surface area contributed by atoms with E-state index in [1.165, 1.54) is 54.9 Å². The lowest BCUT2D eigenvalue weighted by atomic mass is 9.34. The van der Waals surface area contributed by atoms with Gasteiger partial charge < -0.3 is 13.9 Å². The highest BCUT2D eigenvalue weighted by atomic mass is 16.5. The normalized spacial score (nSPS) is 13.3. The minimum Gasteiger partial charge on any atom is -0.458 e. The second-order valence-corrected chi connectivity index (χ2v) is 24.5. The van der Waals surface area contributed by atoms with Crippen molar-refractivity contribution in [1.29, 1.82) is 0 Å². The molecule has 0 saturated carbocycles. The molecule has 0 amide bonds. The molecule has 7 nitrogen and oxygen atoms in total. The Morgan fingerprint density at radius 3 is 1.52 bits per heavy atom. The minimum absolute atomic E-state index is 0.0367. The number of aromatic nitrogens is 6. The van der Waals surface area contributed by atoms with Crippen molar-refractivity contribution in [2.45, 2.75) is 78.6 Å². The predicted molar refractivity (Wildman–Crippen MR) is 321 cm³/mol. The molecule has 2 aliphatic rings. The molecule has 372 valence electrons. The zero-order valence-electron chi connectivity index (χ0n) is 45.0. The third-order valence-electron chi connectivity index (χ3n) is 16.6. The van der Waals surface area contributed by atoms with Gasteiger partial charge in [0.25, 0.3) is 6.71 Å². The Labute approximate surface area is 448 Å². The van der Waals surface area contributed by atoms with Crippen LogP contribution < -0.4 is 21.1 Å². The van der Waals surface area contributed by atoms with E-state index < -0.39 is 0 Å². The second-order valence-electron chi connectivity index (χ2n) is 24.5. The Bertz CT molecular complexity index is 4600. The summed E-state index contributed by atoms with van der Waals surface area (Å²) in [7, 11) is 0. The highest BCUT2D eigenvalue weighted by Gasteiger charge is 2.42. The van der Waals surface area contributed by atoms with E-state index >= 15 is 0 Å². The standard InChI is InChI=1S/C69H57BN6O/c1-67(2,3)42-28-32-56-50(34-42)51-35-44(69(7,8)9)37-53-61(51)75(56)57-38-45(39-59-60(57)70(53)52-36-43(68(4,5)6)29-33-58(52)77-59)74-54-26-18-16-24-46(54)48-30-31-49-47-25-17-19-27-55(47)76(63(49)62(48)74)66-72-64(40-20-12-10-13-21-40)71-65(73-66)41-22-14-11-15-23-41/h10-39H,1-9H3. The summed E-state index contributed by atoms with van der Waals surface area (Å²) < 4.78 is 14.7. The number of fused-ring (bicyclic) bond motifs is 14. The Morgan fingerprint density at radius 2 is 0.896 bits per heavy atom. The van der Waals surface area contributed by atoms with Crippen LogP contribution in [0.3, 0.4) is 0 Å². The molecule has 77 heavy (non-hydrogen) atoms. The predicted octanol–water partition coefficient (Wildman–Crippen LogP) is 15.3. The first-order chi connectivity index (χ1) is 37.1. The zero-order valence-corrected chi connectivity index (χ0v) is 45.0. The lowest BCUT2D eigenvalue weighted by Crippen LogP contribution is -2.58. The van der Waals surface area contributed by atoms with E-state index in [9.17, 15) is 0 Å². The molecule has 0 saturated heterocycles. The lowest BCUT2D eigenvalue weighted by molar-refractivity contribution is 0.486. The van der Waals surface area contributed by atoms with Gasteiger partial charge in [-0.1, -0.05) is 196 Å². The first kappa shape index (κ1) is 45.6. The average molecular weight is 997 g/mol. The summed E-state index contributed by atoms with van der Waals surface area (Å²) in [5, 5.41) is 7.07. The summed E-state index contributed by atoms with van der Waals surface area (Å²) in [6.07, 6.45) is 0. The van der Waals surface area contributed by atoms with Crippen molar-refractivity contribution in [2.24, 2.45) is 0 Å². The van der Waals surface area contributed by atoms with Crippen LogP contribution in [0.5, 0.6) is 11.5 Å². The zero-order chi connectivity index (χ0) is 52.4. The second kappa shape index (κ2) is 15.9. The summed E-state index contributed by atoms with van der Waals surface area (Å²) in [6.45, 7) is 20.8. The number of rotatable bonds is 4. The van der Waals surface area contributed by atoms with Crippen LogP contribution in [-0.2, 0) is 16.2 Å². The van der Waals surface area contributed by atoms with Gasteiger partial charge in [0.15, 0.2) is 11.6 Å². The van der Waals surface area contributed by atoms with Crippen LogP contribution in [0.25, 0.3) is 106 Å². The van der Waals surface area contributed by atoms with Crippen LogP contribution in [0.15, 0.2) is 182 Å². The van der Waals surface area contributed by atoms with E-state index in [4.69, 9.17) is 19.7 Å². The number of nitrogens with zero attached hydrogens (tertiary/aromatic N) is 6. The van der Waals surface area contributed by atoms with Gasteiger partial charge in [-0.3, -0.25) is 4.57 Å². The lowest BCUT2D eigenvalue weighted by Gasteiger charge is -2.35. The van der Waals surface area contributed by atoms with Gasteiger partial charge in [0, 0.05) is 60.7 Å². The molecule has 4 aromatic heterocycles. The Morgan fingerprint density at radius 1 is 0.377 bits per heavy atom. The van der Waals surface area contributed by atoms with Crippen molar-refractivity contribution in [3.8, 4) is 51.6 Å².